The first-order chi connectivity index (χ1) is 16.2. The fourth-order valence-corrected chi connectivity index (χ4v) is 4.11. The van der Waals surface area contributed by atoms with Crippen LogP contribution in [0.25, 0.3) is 11.1 Å². The fourth-order valence-electron chi connectivity index (χ4n) is 3.60. The van der Waals surface area contributed by atoms with E-state index < -0.39 is 0 Å². The quantitative estimate of drug-likeness (QED) is 0.257. The van der Waals surface area contributed by atoms with Crippen molar-refractivity contribution in [2.75, 3.05) is 6.54 Å². The van der Waals surface area contributed by atoms with E-state index in [1.165, 1.54) is 34.2 Å². The first-order valence-electron chi connectivity index (χ1n) is 12.1. The van der Waals surface area contributed by atoms with E-state index in [4.69, 9.17) is 0 Å². The van der Waals surface area contributed by atoms with Crippen molar-refractivity contribution < 1.29 is 0 Å². The number of thioether (sulfide) groups is 1. The number of allylic oxidation sites excluding steroid dienone is 1. The molecule has 0 aliphatic heterocycles. The van der Waals surface area contributed by atoms with Gasteiger partial charge in [0.25, 0.3) is 0 Å². The van der Waals surface area contributed by atoms with Crippen LogP contribution in [0.1, 0.15) is 49.8 Å². The molecule has 0 unspecified atom stereocenters. The lowest BCUT2D eigenvalue weighted by molar-refractivity contribution is 0.660. The topological polar surface area (TPSA) is 12.0 Å². The predicted octanol–water partition coefficient (Wildman–Crippen LogP) is 8.82. The van der Waals surface area contributed by atoms with Crippen molar-refractivity contribution in [3.05, 3.63) is 120 Å². The molecule has 0 spiro atoms. The van der Waals surface area contributed by atoms with E-state index in [-0.39, 0.29) is 0 Å². The van der Waals surface area contributed by atoms with E-state index in [1.54, 1.807) is 11.8 Å². The maximum absolute atomic E-state index is 4.18. The van der Waals surface area contributed by atoms with Crippen LogP contribution in [0.15, 0.2) is 103 Å². The number of hydrogen-bond donors (Lipinski definition) is 1. The van der Waals surface area contributed by atoms with Gasteiger partial charge in [-0.25, -0.2) is 0 Å². The summed E-state index contributed by atoms with van der Waals surface area (Å²) in [5.74, 6) is 0.983. The Kier molecular flexibility index (Phi) is 12.9. The fraction of sp³-hybridized carbons (Fsp3) is 0.290. The average Bonchev–Trinajstić information content (AvgIpc) is 2.88. The minimum absolute atomic E-state index is 0.983. The molecule has 1 N–H and O–H groups in total. The summed E-state index contributed by atoms with van der Waals surface area (Å²) in [4.78, 5) is 0. The third-order valence-electron chi connectivity index (χ3n) is 5.41. The van der Waals surface area contributed by atoms with Crippen LogP contribution < -0.4 is 5.32 Å². The molecule has 0 aliphatic rings. The molecule has 0 amide bonds. The van der Waals surface area contributed by atoms with E-state index in [0.29, 0.717) is 0 Å². The van der Waals surface area contributed by atoms with Gasteiger partial charge in [-0.05, 0) is 65.3 Å². The van der Waals surface area contributed by atoms with E-state index in [1.807, 2.05) is 19.3 Å². The van der Waals surface area contributed by atoms with Crippen LogP contribution in [-0.2, 0) is 18.6 Å². The predicted molar refractivity (Wildman–Crippen MR) is 150 cm³/mol. The highest BCUT2D eigenvalue weighted by molar-refractivity contribution is 8.01. The zero-order valence-corrected chi connectivity index (χ0v) is 21.2. The molecule has 0 heterocycles. The molecule has 0 bridgehead atoms. The second-order valence-corrected chi connectivity index (χ2v) is 8.80. The number of aryl methyl sites for hydroxylation is 2. The van der Waals surface area contributed by atoms with Crippen molar-refractivity contribution in [1.82, 2.24) is 5.32 Å². The first-order valence-corrected chi connectivity index (χ1v) is 13.2. The molecule has 2 heteroatoms. The Balaban J connectivity index is 0.00000187. The van der Waals surface area contributed by atoms with E-state index in [0.717, 1.165) is 43.7 Å². The largest absolute Gasteiger partial charge is 0.389 e. The molecule has 0 aromatic heterocycles. The molecule has 33 heavy (non-hydrogen) atoms. The van der Waals surface area contributed by atoms with Crippen LogP contribution in [0.4, 0.5) is 0 Å². The second kappa shape index (κ2) is 16.0. The average molecular weight is 458 g/mol. The molecule has 0 saturated heterocycles. The van der Waals surface area contributed by atoms with Crippen LogP contribution in [0, 0.1) is 0 Å². The van der Waals surface area contributed by atoms with Gasteiger partial charge in [0.2, 0.25) is 0 Å². The first kappa shape index (κ1) is 26.5. The summed E-state index contributed by atoms with van der Waals surface area (Å²) in [5, 5.41) is 5.39. The maximum Gasteiger partial charge on any atom is 0.0225 e. The Bertz CT molecular complexity index is 944. The minimum atomic E-state index is 0.983. The summed E-state index contributed by atoms with van der Waals surface area (Å²) in [6.07, 6.45) is 5.50. The minimum Gasteiger partial charge on any atom is -0.389 e. The molecule has 0 radical (unpaired) electrons. The number of rotatable bonds is 13. The summed E-state index contributed by atoms with van der Waals surface area (Å²) in [6, 6.07) is 28.5. The molecule has 0 fully saturated rings. The van der Waals surface area contributed by atoms with Crippen molar-refractivity contribution in [2.45, 2.75) is 51.7 Å². The van der Waals surface area contributed by atoms with E-state index in [9.17, 15) is 0 Å². The molecular formula is C31H39NS. The van der Waals surface area contributed by atoms with Gasteiger partial charge in [-0.15, -0.1) is 11.8 Å². The Morgan fingerprint density at radius 3 is 2.24 bits per heavy atom. The highest BCUT2D eigenvalue weighted by Crippen LogP contribution is 2.23. The van der Waals surface area contributed by atoms with Crippen molar-refractivity contribution >= 4 is 11.8 Å². The van der Waals surface area contributed by atoms with Crippen LogP contribution >= 0.6 is 11.8 Å². The van der Waals surface area contributed by atoms with E-state index in [2.05, 4.69) is 97.3 Å². The van der Waals surface area contributed by atoms with Gasteiger partial charge in [-0.3, -0.25) is 0 Å². The summed E-state index contributed by atoms with van der Waals surface area (Å²) < 4.78 is 0. The molecule has 3 aromatic rings. The molecule has 0 atom stereocenters. The lowest BCUT2D eigenvalue weighted by Gasteiger charge is -2.10. The van der Waals surface area contributed by atoms with E-state index >= 15 is 0 Å². The second-order valence-electron chi connectivity index (χ2n) is 7.85. The molecule has 3 rings (SSSR count). The lowest BCUT2D eigenvalue weighted by Crippen LogP contribution is -2.14. The third-order valence-corrected chi connectivity index (χ3v) is 6.14. The normalized spacial score (nSPS) is 10.1. The molecule has 174 valence electrons. The maximum atomic E-state index is 4.18. The van der Waals surface area contributed by atoms with Crippen molar-refractivity contribution in [3.63, 3.8) is 0 Å². The Hall–Kier alpha value is -2.71. The highest BCUT2D eigenvalue weighted by Gasteiger charge is 2.02. The van der Waals surface area contributed by atoms with Gasteiger partial charge >= 0.3 is 0 Å². The van der Waals surface area contributed by atoms with Crippen molar-refractivity contribution in [1.29, 1.82) is 0 Å². The Labute approximate surface area is 206 Å². The van der Waals surface area contributed by atoms with Crippen LogP contribution in [0.5, 0.6) is 0 Å². The van der Waals surface area contributed by atoms with Crippen molar-refractivity contribution in [2.24, 2.45) is 0 Å². The van der Waals surface area contributed by atoms with Gasteiger partial charge in [0, 0.05) is 18.0 Å². The SMILES string of the molecule is C=CSCc1ccc(-c2cccc(CCCCNC(=C)CCc3ccccc3)c2)cc1.CC. The number of benzene rings is 3. The Morgan fingerprint density at radius 2 is 1.52 bits per heavy atom. The molecule has 1 nitrogen and oxygen atoms in total. The lowest BCUT2D eigenvalue weighted by atomic mass is 10.00. The third kappa shape index (κ3) is 10.2. The van der Waals surface area contributed by atoms with Gasteiger partial charge in [-0.2, -0.15) is 0 Å². The smallest absolute Gasteiger partial charge is 0.0225 e. The van der Waals surface area contributed by atoms with Crippen LogP contribution in [-0.4, -0.2) is 6.54 Å². The Morgan fingerprint density at radius 1 is 0.788 bits per heavy atom. The van der Waals surface area contributed by atoms with Crippen LogP contribution in [0.2, 0.25) is 0 Å². The van der Waals surface area contributed by atoms with Gasteiger partial charge < -0.3 is 5.32 Å². The molecular weight excluding hydrogens is 418 g/mol. The van der Waals surface area contributed by atoms with Gasteiger partial charge in [0.1, 0.15) is 0 Å². The highest BCUT2D eigenvalue weighted by atomic mass is 32.2. The summed E-state index contributed by atoms with van der Waals surface area (Å²) in [6.45, 7) is 12.9. The molecule has 0 aliphatic carbocycles. The van der Waals surface area contributed by atoms with Gasteiger partial charge in [0.15, 0.2) is 0 Å². The van der Waals surface area contributed by atoms with Gasteiger partial charge in [0.05, 0.1) is 0 Å². The number of nitrogens with one attached hydrogen (secondary N) is 1. The molecule has 3 aromatic carbocycles. The van der Waals surface area contributed by atoms with Crippen molar-refractivity contribution in [3.8, 4) is 11.1 Å². The standard InChI is InChI=1S/C29H33NS.C2H6/c1-3-31-23-27-17-19-28(20-18-27)29-14-9-13-26(22-29)12-7-8-21-30-24(2)15-16-25-10-5-4-6-11-25;1-2/h3-6,9-11,13-14,17-20,22,30H,1-2,7-8,12,15-16,21,23H2;1-2H3. The summed E-state index contributed by atoms with van der Waals surface area (Å²) in [7, 11) is 0. The van der Waals surface area contributed by atoms with Gasteiger partial charge in [-0.1, -0.05) is 106 Å². The molecule has 0 saturated carbocycles. The number of unbranched alkanes of at least 4 members (excludes halogenated alkanes) is 1. The zero-order valence-electron chi connectivity index (χ0n) is 20.4. The zero-order chi connectivity index (χ0) is 23.7. The number of hydrogen-bond acceptors (Lipinski definition) is 2. The van der Waals surface area contributed by atoms with Crippen LogP contribution in [0.3, 0.4) is 0 Å². The summed E-state index contributed by atoms with van der Waals surface area (Å²) >= 11 is 1.73. The monoisotopic (exact) mass is 457 g/mol. The summed E-state index contributed by atoms with van der Waals surface area (Å²) in [5.41, 5.74) is 7.84.